The van der Waals surface area contributed by atoms with E-state index in [1.165, 1.54) is 0 Å². The van der Waals surface area contributed by atoms with Gasteiger partial charge in [-0.1, -0.05) is 0 Å². The van der Waals surface area contributed by atoms with E-state index < -0.39 is 0 Å². The topological polar surface area (TPSA) is 44.5 Å². The molecule has 0 aromatic heterocycles. The highest BCUT2D eigenvalue weighted by molar-refractivity contribution is 5.11. The van der Waals surface area contributed by atoms with E-state index in [-0.39, 0.29) is 11.5 Å². The van der Waals surface area contributed by atoms with Crippen LogP contribution in [-0.4, -0.2) is 32.5 Å². The molecule has 64 valence electrons. The summed E-state index contributed by atoms with van der Waals surface area (Å²) in [5, 5.41) is 0. The SMILES string of the molecule is COC1COCCC12CC2N. The van der Waals surface area contributed by atoms with E-state index in [9.17, 15) is 0 Å². The normalized spacial score (nSPS) is 49.6. The first-order chi connectivity index (χ1) is 5.29. The fourth-order valence-electron chi connectivity index (χ4n) is 2.09. The molecule has 1 aliphatic carbocycles. The number of rotatable bonds is 1. The number of ether oxygens (including phenoxy) is 2. The molecule has 0 amide bonds. The minimum Gasteiger partial charge on any atom is -0.379 e. The summed E-state index contributed by atoms with van der Waals surface area (Å²) in [5.74, 6) is 0. The Morgan fingerprint density at radius 3 is 2.82 bits per heavy atom. The summed E-state index contributed by atoms with van der Waals surface area (Å²) in [6.07, 6.45) is 2.44. The van der Waals surface area contributed by atoms with E-state index in [1.54, 1.807) is 7.11 Å². The predicted molar refractivity (Wildman–Crippen MR) is 41.3 cm³/mol. The molecule has 0 aromatic carbocycles. The third-order valence-electron chi connectivity index (χ3n) is 3.09. The summed E-state index contributed by atoms with van der Waals surface area (Å²) < 4.78 is 10.7. The molecule has 0 radical (unpaired) electrons. The van der Waals surface area contributed by atoms with Crippen LogP contribution in [0.4, 0.5) is 0 Å². The summed E-state index contributed by atoms with van der Waals surface area (Å²) in [6, 6.07) is 0.358. The Labute approximate surface area is 66.8 Å². The summed E-state index contributed by atoms with van der Waals surface area (Å²) in [4.78, 5) is 0. The van der Waals surface area contributed by atoms with Crippen molar-refractivity contribution in [3.63, 3.8) is 0 Å². The van der Waals surface area contributed by atoms with Gasteiger partial charge in [0.15, 0.2) is 0 Å². The first-order valence-electron chi connectivity index (χ1n) is 4.16. The number of nitrogens with two attached hydrogens (primary N) is 1. The summed E-state index contributed by atoms with van der Waals surface area (Å²) in [7, 11) is 1.74. The van der Waals surface area contributed by atoms with Gasteiger partial charge in [0.25, 0.3) is 0 Å². The average Bonchev–Trinajstić information content (AvgIpc) is 2.63. The second-order valence-electron chi connectivity index (χ2n) is 3.59. The number of hydrogen-bond donors (Lipinski definition) is 1. The molecule has 2 N–H and O–H groups in total. The molecule has 3 atom stereocenters. The van der Waals surface area contributed by atoms with Gasteiger partial charge in [-0.2, -0.15) is 0 Å². The van der Waals surface area contributed by atoms with Gasteiger partial charge in [-0.15, -0.1) is 0 Å². The molecule has 1 aliphatic heterocycles. The largest absolute Gasteiger partial charge is 0.379 e. The zero-order valence-corrected chi connectivity index (χ0v) is 6.88. The number of methoxy groups -OCH3 is 1. The molecule has 2 rings (SSSR count). The highest BCUT2D eigenvalue weighted by atomic mass is 16.5. The lowest BCUT2D eigenvalue weighted by molar-refractivity contribution is -0.0775. The lowest BCUT2D eigenvalue weighted by atomic mass is 9.93. The van der Waals surface area contributed by atoms with Gasteiger partial charge in [0.1, 0.15) is 0 Å². The first kappa shape index (κ1) is 7.53. The van der Waals surface area contributed by atoms with Gasteiger partial charge in [-0.05, 0) is 12.8 Å². The third kappa shape index (κ3) is 0.991. The fourth-order valence-corrected chi connectivity index (χ4v) is 2.09. The molecule has 1 saturated carbocycles. The van der Waals surface area contributed by atoms with Gasteiger partial charge in [-0.3, -0.25) is 0 Å². The van der Waals surface area contributed by atoms with Gasteiger partial charge < -0.3 is 15.2 Å². The maximum Gasteiger partial charge on any atom is 0.0876 e. The fraction of sp³-hybridized carbons (Fsp3) is 1.00. The molecule has 1 spiro atoms. The average molecular weight is 157 g/mol. The van der Waals surface area contributed by atoms with Crippen molar-refractivity contribution in [2.24, 2.45) is 11.1 Å². The van der Waals surface area contributed by atoms with E-state index in [0.29, 0.717) is 6.04 Å². The van der Waals surface area contributed by atoms with Crippen molar-refractivity contribution in [1.82, 2.24) is 0 Å². The van der Waals surface area contributed by atoms with E-state index in [4.69, 9.17) is 15.2 Å². The Kier molecular flexibility index (Phi) is 1.67. The minimum atomic E-state index is 0.242. The molecule has 2 aliphatic rings. The molecule has 0 aromatic rings. The predicted octanol–water partition coefficient (Wildman–Crippen LogP) is 0.139. The summed E-state index contributed by atoms with van der Waals surface area (Å²) >= 11 is 0. The Morgan fingerprint density at radius 1 is 1.64 bits per heavy atom. The van der Waals surface area contributed by atoms with Crippen LogP contribution in [-0.2, 0) is 9.47 Å². The highest BCUT2D eigenvalue weighted by Gasteiger charge is 2.58. The van der Waals surface area contributed by atoms with Crippen LogP contribution < -0.4 is 5.73 Å². The van der Waals surface area contributed by atoms with Crippen LogP contribution in [0.2, 0.25) is 0 Å². The van der Waals surface area contributed by atoms with Crippen LogP contribution in [0.5, 0.6) is 0 Å². The second kappa shape index (κ2) is 2.44. The first-order valence-corrected chi connectivity index (χ1v) is 4.16. The minimum absolute atomic E-state index is 0.242. The van der Waals surface area contributed by atoms with Crippen LogP contribution in [0.15, 0.2) is 0 Å². The Hall–Kier alpha value is -0.120. The molecule has 0 bridgehead atoms. The van der Waals surface area contributed by atoms with Crippen LogP contribution in [0.3, 0.4) is 0 Å². The van der Waals surface area contributed by atoms with Crippen molar-refractivity contribution >= 4 is 0 Å². The van der Waals surface area contributed by atoms with Gasteiger partial charge in [0.05, 0.1) is 12.7 Å². The highest BCUT2D eigenvalue weighted by Crippen LogP contribution is 2.53. The zero-order chi connectivity index (χ0) is 7.90. The molecule has 11 heavy (non-hydrogen) atoms. The summed E-state index contributed by atoms with van der Waals surface area (Å²) in [6.45, 7) is 1.58. The lowest BCUT2D eigenvalue weighted by Gasteiger charge is -2.31. The lowest BCUT2D eigenvalue weighted by Crippen LogP contribution is -2.39. The van der Waals surface area contributed by atoms with Gasteiger partial charge in [0, 0.05) is 25.2 Å². The van der Waals surface area contributed by atoms with E-state index in [0.717, 1.165) is 26.1 Å². The van der Waals surface area contributed by atoms with E-state index >= 15 is 0 Å². The van der Waals surface area contributed by atoms with Crippen molar-refractivity contribution in [2.75, 3.05) is 20.3 Å². The Bertz CT molecular complexity index is 162. The molecule has 3 nitrogen and oxygen atoms in total. The van der Waals surface area contributed by atoms with Crippen molar-refractivity contribution in [3.05, 3.63) is 0 Å². The summed E-state index contributed by atoms with van der Waals surface area (Å²) in [5.41, 5.74) is 6.15. The maximum absolute atomic E-state index is 5.86. The molecule has 1 heterocycles. The van der Waals surface area contributed by atoms with Crippen molar-refractivity contribution in [3.8, 4) is 0 Å². The second-order valence-corrected chi connectivity index (χ2v) is 3.59. The smallest absolute Gasteiger partial charge is 0.0876 e. The van der Waals surface area contributed by atoms with Crippen LogP contribution in [0, 0.1) is 5.41 Å². The third-order valence-corrected chi connectivity index (χ3v) is 3.09. The van der Waals surface area contributed by atoms with Crippen LogP contribution >= 0.6 is 0 Å². The quantitative estimate of drug-likeness (QED) is 0.589. The van der Waals surface area contributed by atoms with Crippen molar-refractivity contribution in [1.29, 1.82) is 0 Å². The van der Waals surface area contributed by atoms with Gasteiger partial charge in [-0.25, -0.2) is 0 Å². The monoisotopic (exact) mass is 157 g/mol. The standard InChI is InChI=1S/C8H15NO2/c1-10-7-5-11-3-2-8(7)4-6(8)9/h6-7H,2-5,9H2,1H3. The molecular formula is C8H15NO2. The Morgan fingerprint density at radius 2 is 2.36 bits per heavy atom. The number of hydrogen-bond acceptors (Lipinski definition) is 3. The molecule has 2 fully saturated rings. The maximum atomic E-state index is 5.86. The Balaban J connectivity index is 2.05. The molecule has 1 saturated heterocycles. The zero-order valence-electron chi connectivity index (χ0n) is 6.88. The van der Waals surface area contributed by atoms with Crippen LogP contribution in [0.25, 0.3) is 0 Å². The van der Waals surface area contributed by atoms with E-state index in [1.807, 2.05) is 0 Å². The van der Waals surface area contributed by atoms with E-state index in [2.05, 4.69) is 0 Å². The molecule has 3 heteroatoms. The van der Waals surface area contributed by atoms with Gasteiger partial charge >= 0.3 is 0 Å². The van der Waals surface area contributed by atoms with Crippen molar-refractivity contribution < 1.29 is 9.47 Å². The molecular weight excluding hydrogens is 142 g/mol. The molecule has 3 unspecified atom stereocenters. The van der Waals surface area contributed by atoms with Crippen LogP contribution in [0.1, 0.15) is 12.8 Å². The van der Waals surface area contributed by atoms with Crippen molar-refractivity contribution in [2.45, 2.75) is 25.0 Å². The van der Waals surface area contributed by atoms with Gasteiger partial charge in [0.2, 0.25) is 0 Å².